The first-order valence-corrected chi connectivity index (χ1v) is 10.1. The van der Waals surface area contributed by atoms with E-state index < -0.39 is 11.9 Å². The molecular weight excluding hydrogens is 411 g/mol. The molecule has 1 fully saturated rings. The van der Waals surface area contributed by atoms with E-state index in [-0.39, 0.29) is 12.6 Å². The van der Waals surface area contributed by atoms with Crippen LogP contribution in [0.2, 0.25) is 5.02 Å². The zero-order valence-electron chi connectivity index (χ0n) is 15.3. The monoisotopic (exact) mass is 431 g/mol. The quantitative estimate of drug-likeness (QED) is 0.564. The maximum absolute atomic E-state index is 12.7. The lowest BCUT2D eigenvalue weighted by Crippen LogP contribution is -2.51. The van der Waals surface area contributed by atoms with Gasteiger partial charge >= 0.3 is 6.18 Å². The zero-order valence-corrected chi connectivity index (χ0v) is 16.8. The molecule has 28 heavy (non-hydrogen) atoms. The van der Waals surface area contributed by atoms with Crippen LogP contribution >= 0.6 is 22.9 Å². The highest BCUT2D eigenvalue weighted by Gasteiger charge is 2.33. The molecule has 0 bridgehead atoms. The lowest BCUT2D eigenvalue weighted by atomic mass is 10.0. The van der Waals surface area contributed by atoms with Crippen LogP contribution < -0.4 is 15.5 Å². The average Bonchev–Trinajstić information content (AvgIpc) is 3.15. The number of para-hydroxylation sites is 1. The van der Waals surface area contributed by atoms with E-state index in [0.29, 0.717) is 11.0 Å². The first kappa shape index (κ1) is 20.7. The van der Waals surface area contributed by atoms with Gasteiger partial charge in [-0.1, -0.05) is 23.7 Å². The molecule has 10 heteroatoms. The molecule has 1 aliphatic heterocycles. The highest BCUT2D eigenvalue weighted by atomic mass is 35.5. The molecule has 0 amide bonds. The molecule has 0 radical (unpaired) electrons. The minimum absolute atomic E-state index is 0.151. The molecule has 0 aliphatic carbocycles. The number of thiazole rings is 1. The van der Waals surface area contributed by atoms with Crippen LogP contribution in [0, 0.1) is 0 Å². The van der Waals surface area contributed by atoms with Gasteiger partial charge < -0.3 is 15.5 Å². The van der Waals surface area contributed by atoms with Gasteiger partial charge in [-0.3, -0.25) is 4.99 Å². The number of halogens is 4. The fourth-order valence-electron chi connectivity index (χ4n) is 3.09. The number of nitrogens with one attached hydrogen (secondary N) is 2. The van der Waals surface area contributed by atoms with Gasteiger partial charge in [0.1, 0.15) is 5.01 Å². The number of rotatable bonds is 4. The highest BCUT2D eigenvalue weighted by Crippen LogP contribution is 2.30. The number of hydrogen-bond acceptors (Lipinski definition) is 4. The Bertz CT molecular complexity index is 824. The highest BCUT2D eigenvalue weighted by molar-refractivity contribution is 7.09. The number of aliphatic imine (C=N–C) groups is 1. The van der Waals surface area contributed by atoms with Crippen molar-refractivity contribution in [2.24, 2.45) is 4.99 Å². The fraction of sp³-hybridized carbons (Fsp3) is 0.444. The van der Waals surface area contributed by atoms with Crippen molar-refractivity contribution in [3.05, 3.63) is 45.4 Å². The standard InChI is InChI=1S/C18H21ClF3N5S/c1-23-17(24-9-16-26-15(11-28-16)18(20,21)22)25-12-5-4-8-27(10-12)14-7-3-2-6-13(14)19/h2-3,6-7,11-12H,4-5,8-10H2,1H3,(H2,23,24,25). The van der Waals surface area contributed by atoms with Crippen molar-refractivity contribution in [2.75, 3.05) is 25.0 Å². The van der Waals surface area contributed by atoms with Crippen molar-refractivity contribution < 1.29 is 13.2 Å². The number of aromatic nitrogens is 1. The molecule has 3 rings (SSSR count). The van der Waals surface area contributed by atoms with Crippen LogP contribution in [-0.4, -0.2) is 37.1 Å². The summed E-state index contributed by atoms with van der Waals surface area (Å²) in [5, 5.41) is 8.48. The molecule has 2 heterocycles. The second-order valence-corrected chi connectivity index (χ2v) is 7.78. The molecule has 1 saturated heterocycles. The summed E-state index contributed by atoms with van der Waals surface area (Å²) in [5.74, 6) is 0.537. The van der Waals surface area contributed by atoms with E-state index in [4.69, 9.17) is 11.6 Å². The predicted octanol–water partition coefficient (Wildman–Crippen LogP) is 4.15. The van der Waals surface area contributed by atoms with Crippen molar-refractivity contribution in [1.29, 1.82) is 0 Å². The maximum Gasteiger partial charge on any atom is 0.434 e. The Hall–Kier alpha value is -2.00. The van der Waals surface area contributed by atoms with Gasteiger partial charge in [0.05, 0.1) is 17.3 Å². The number of hydrogen-bond donors (Lipinski definition) is 2. The van der Waals surface area contributed by atoms with Crippen LogP contribution in [-0.2, 0) is 12.7 Å². The lowest BCUT2D eigenvalue weighted by molar-refractivity contribution is -0.140. The third kappa shape index (κ3) is 5.29. The van der Waals surface area contributed by atoms with E-state index >= 15 is 0 Å². The van der Waals surface area contributed by atoms with Gasteiger partial charge in [-0.2, -0.15) is 13.2 Å². The largest absolute Gasteiger partial charge is 0.434 e. The van der Waals surface area contributed by atoms with Crippen molar-refractivity contribution in [3.63, 3.8) is 0 Å². The van der Waals surface area contributed by atoms with Gasteiger partial charge in [-0.05, 0) is 25.0 Å². The zero-order chi connectivity index (χ0) is 20.1. The Kier molecular flexibility index (Phi) is 6.66. The molecule has 0 saturated carbocycles. The van der Waals surface area contributed by atoms with Gasteiger partial charge in [0, 0.05) is 31.6 Å². The van der Waals surface area contributed by atoms with E-state index in [0.717, 1.165) is 53.4 Å². The van der Waals surface area contributed by atoms with Gasteiger partial charge in [0.15, 0.2) is 11.7 Å². The number of guanidine groups is 1. The van der Waals surface area contributed by atoms with E-state index in [1.54, 1.807) is 7.05 Å². The Morgan fingerprint density at radius 1 is 1.39 bits per heavy atom. The van der Waals surface area contributed by atoms with Crippen LogP contribution in [0.5, 0.6) is 0 Å². The van der Waals surface area contributed by atoms with E-state index in [1.165, 1.54) is 0 Å². The molecule has 5 nitrogen and oxygen atoms in total. The second kappa shape index (κ2) is 9.00. The Morgan fingerprint density at radius 2 is 2.18 bits per heavy atom. The van der Waals surface area contributed by atoms with Gasteiger partial charge in [-0.15, -0.1) is 11.3 Å². The molecule has 1 aromatic carbocycles. The topological polar surface area (TPSA) is 52.6 Å². The minimum Gasteiger partial charge on any atom is -0.368 e. The van der Waals surface area contributed by atoms with Crippen molar-refractivity contribution >= 4 is 34.6 Å². The summed E-state index contributed by atoms with van der Waals surface area (Å²) in [6, 6.07) is 7.89. The molecule has 152 valence electrons. The average molecular weight is 432 g/mol. The Morgan fingerprint density at radius 3 is 2.86 bits per heavy atom. The molecule has 2 N–H and O–H groups in total. The Labute approximate surface area is 170 Å². The fourth-order valence-corrected chi connectivity index (χ4v) is 4.09. The van der Waals surface area contributed by atoms with Gasteiger partial charge in [0.2, 0.25) is 0 Å². The minimum atomic E-state index is -4.42. The predicted molar refractivity (Wildman–Crippen MR) is 107 cm³/mol. The molecule has 1 atom stereocenters. The number of piperidine rings is 1. The van der Waals surface area contributed by atoms with Gasteiger partial charge in [-0.25, -0.2) is 4.98 Å². The normalized spacial score (nSPS) is 18.2. The lowest BCUT2D eigenvalue weighted by Gasteiger charge is -2.35. The third-order valence-electron chi connectivity index (χ3n) is 4.43. The number of alkyl halides is 3. The first-order chi connectivity index (χ1) is 13.4. The van der Waals surface area contributed by atoms with Crippen LogP contribution in [0.1, 0.15) is 23.5 Å². The summed E-state index contributed by atoms with van der Waals surface area (Å²) in [6.45, 7) is 1.87. The second-order valence-electron chi connectivity index (χ2n) is 6.43. The van der Waals surface area contributed by atoms with E-state index in [1.807, 2.05) is 24.3 Å². The van der Waals surface area contributed by atoms with Crippen LogP contribution in [0.3, 0.4) is 0 Å². The summed E-state index contributed by atoms with van der Waals surface area (Å²) >= 11 is 7.28. The number of anilines is 1. The molecular formula is C18H21ClF3N5S. The number of nitrogens with zero attached hydrogens (tertiary/aromatic N) is 3. The summed E-state index contributed by atoms with van der Waals surface area (Å²) in [6.07, 6.45) is -2.45. The molecule has 1 unspecified atom stereocenters. The van der Waals surface area contributed by atoms with E-state index in [9.17, 15) is 13.2 Å². The SMILES string of the molecule is CN=C(NCc1nc(C(F)(F)F)cs1)NC1CCCN(c2ccccc2Cl)C1. The maximum atomic E-state index is 12.7. The van der Waals surface area contributed by atoms with Crippen molar-refractivity contribution in [1.82, 2.24) is 15.6 Å². The third-order valence-corrected chi connectivity index (χ3v) is 5.60. The smallest absolute Gasteiger partial charge is 0.368 e. The Balaban J connectivity index is 1.56. The van der Waals surface area contributed by atoms with Crippen molar-refractivity contribution in [2.45, 2.75) is 31.6 Å². The van der Waals surface area contributed by atoms with Crippen LogP contribution in [0.25, 0.3) is 0 Å². The molecule has 2 aromatic rings. The van der Waals surface area contributed by atoms with Crippen LogP contribution in [0.4, 0.5) is 18.9 Å². The summed E-state index contributed by atoms with van der Waals surface area (Å²) in [4.78, 5) is 10.0. The van der Waals surface area contributed by atoms with Crippen LogP contribution in [0.15, 0.2) is 34.6 Å². The number of benzene rings is 1. The van der Waals surface area contributed by atoms with E-state index in [2.05, 4.69) is 25.5 Å². The summed E-state index contributed by atoms with van der Waals surface area (Å²) < 4.78 is 38.0. The first-order valence-electron chi connectivity index (χ1n) is 8.85. The summed E-state index contributed by atoms with van der Waals surface area (Å²) in [7, 11) is 1.63. The van der Waals surface area contributed by atoms with Crippen molar-refractivity contribution in [3.8, 4) is 0 Å². The molecule has 1 aromatic heterocycles. The van der Waals surface area contributed by atoms with Gasteiger partial charge in [0.25, 0.3) is 0 Å². The molecule has 1 aliphatic rings. The summed E-state index contributed by atoms with van der Waals surface area (Å²) in [5.41, 5.74) is 0.140. The molecule has 0 spiro atoms.